The molecule has 0 saturated carbocycles. The largest absolute Gasteiger partial charge is 0.493 e. The summed E-state index contributed by atoms with van der Waals surface area (Å²) >= 11 is 0. The Hall–Kier alpha value is -3.42. The number of carbonyl (C=O) groups excluding carboxylic acids is 2. The zero-order valence-corrected chi connectivity index (χ0v) is 14.5. The van der Waals surface area contributed by atoms with E-state index >= 15 is 0 Å². The Morgan fingerprint density at radius 2 is 1.70 bits per heavy atom. The van der Waals surface area contributed by atoms with E-state index < -0.39 is 29.7 Å². The molecule has 2 aliphatic rings. The second-order valence-electron chi connectivity index (χ2n) is 6.04. The number of rotatable bonds is 4. The molecule has 0 unspecified atom stereocenters. The van der Waals surface area contributed by atoms with Crippen molar-refractivity contribution in [3.8, 4) is 11.5 Å². The molecule has 1 fully saturated rings. The molecule has 1 saturated heterocycles. The summed E-state index contributed by atoms with van der Waals surface area (Å²) in [6, 6.07) is 10.2. The van der Waals surface area contributed by atoms with Gasteiger partial charge in [-0.25, -0.2) is 9.29 Å². The highest BCUT2D eigenvalue weighted by Crippen LogP contribution is 2.37. The fourth-order valence-electron chi connectivity index (χ4n) is 3.26. The number of imide groups is 1. The van der Waals surface area contributed by atoms with Gasteiger partial charge in [0.25, 0.3) is 5.91 Å². The van der Waals surface area contributed by atoms with Gasteiger partial charge in [-0.2, -0.15) is 0 Å². The number of oxime groups is 1. The van der Waals surface area contributed by atoms with E-state index in [-0.39, 0.29) is 5.69 Å². The quantitative estimate of drug-likeness (QED) is 0.771. The summed E-state index contributed by atoms with van der Waals surface area (Å²) in [7, 11) is 3.02. The van der Waals surface area contributed by atoms with Crippen LogP contribution in [0.2, 0.25) is 0 Å². The minimum atomic E-state index is -1.04. The molecule has 0 aliphatic carbocycles. The second-order valence-corrected chi connectivity index (χ2v) is 6.04. The maximum absolute atomic E-state index is 13.2. The van der Waals surface area contributed by atoms with Crippen LogP contribution < -0.4 is 14.4 Å². The number of nitrogens with zero attached hydrogens (tertiary/aromatic N) is 2. The van der Waals surface area contributed by atoms with Gasteiger partial charge in [-0.15, -0.1) is 0 Å². The van der Waals surface area contributed by atoms with Gasteiger partial charge in [-0.1, -0.05) is 5.16 Å². The van der Waals surface area contributed by atoms with Crippen LogP contribution in [0.5, 0.6) is 11.5 Å². The molecule has 0 spiro atoms. The average Bonchev–Trinajstić information content (AvgIpc) is 3.23. The first-order valence-electron chi connectivity index (χ1n) is 8.14. The zero-order chi connectivity index (χ0) is 19.1. The fraction of sp³-hybridized carbons (Fsp3) is 0.211. The molecule has 2 aromatic carbocycles. The van der Waals surface area contributed by atoms with Crippen LogP contribution in [0.1, 0.15) is 5.56 Å². The van der Waals surface area contributed by atoms with E-state index in [4.69, 9.17) is 14.3 Å². The molecule has 138 valence electrons. The SMILES string of the molecule is COc1ccc(C2=NO[C@@H]3C(=O)N(c4ccc(F)cc4)C(=O)[C@H]23)cc1OC. The molecule has 2 amide bonds. The Morgan fingerprint density at radius 1 is 1.00 bits per heavy atom. The van der Waals surface area contributed by atoms with Gasteiger partial charge in [0.05, 0.1) is 19.9 Å². The van der Waals surface area contributed by atoms with Crippen LogP contribution in [0.25, 0.3) is 0 Å². The maximum Gasteiger partial charge on any atom is 0.278 e. The van der Waals surface area contributed by atoms with Crippen LogP contribution in [0, 0.1) is 11.7 Å². The van der Waals surface area contributed by atoms with Crippen LogP contribution in [0.3, 0.4) is 0 Å². The molecule has 2 aliphatic heterocycles. The van der Waals surface area contributed by atoms with Crippen molar-refractivity contribution in [1.29, 1.82) is 0 Å². The van der Waals surface area contributed by atoms with Crippen molar-refractivity contribution >= 4 is 23.2 Å². The first kappa shape index (κ1) is 17.0. The summed E-state index contributed by atoms with van der Waals surface area (Å²) in [5.41, 5.74) is 1.21. The number of hydrogen-bond acceptors (Lipinski definition) is 6. The number of methoxy groups -OCH3 is 2. The number of anilines is 1. The van der Waals surface area contributed by atoms with E-state index in [1.807, 2.05) is 0 Å². The Balaban J connectivity index is 1.69. The third-order valence-electron chi connectivity index (χ3n) is 4.58. The Bertz CT molecular complexity index is 957. The molecule has 0 bridgehead atoms. The second kappa shape index (κ2) is 6.39. The zero-order valence-electron chi connectivity index (χ0n) is 14.5. The van der Waals surface area contributed by atoms with Crippen molar-refractivity contribution in [2.24, 2.45) is 11.1 Å². The normalized spacial score (nSPS) is 21.0. The number of benzene rings is 2. The minimum absolute atomic E-state index is 0.288. The van der Waals surface area contributed by atoms with Gasteiger partial charge >= 0.3 is 0 Å². The number of hydrogen-bond donors (Lipinski definition) is 0. The molecule has 4 rings (SSSR count). The molecule has 27 heavy (non-hydrogen) atoms. The van der Waals surface area contributed by atoms with Gasteiger partial charge in [0.15, 0.2) is 11.5 Å². The summed E-state index contributed by atoms with van der Waals surface area (Å²) < 4.78 is 23.6. The smallest absolute Gasteiger partial charge is 0.278 e. The van der Waals surface area contributed by atoms with E-state index in [0.29, 0.717) is 22.8 Å². The molecule has 0 radical (unpaired) electrons. The molecular weight excluding hydrogens is 355 g/mol. The Labute approximate surface area is 153 Å². The lowest BCUT2D eigenvalue weighted by atomic mass is 9.94. The summed E-state index contributed by atoms with van der Waals surface area (Å²) in [6.45, 7) is 0. The predicted molar refractivity (Wildman–Crippen MR) is 93.3 cm³/mol. The van der Waals surface area contributed by atoms with Gasteiger partial charge in [0, 0.05) is 5.56 Å². The topological polar surface area (TPSA) is 77.4 Å². The van der Waals surface area contributed by atoms with Crippen molar-refractivity contribution in [1.82, 2.24) is 0 Å². The Kier molecular flexibility index (Phi) is 4.02. The highest BCUT2D eigenvalue weighted by atomic mass is 19.1. The van der Waals surface area contributed by atoms with E-state index in [9.17, 15) is 14.0 Å². The Morgan fingerprint density at radius 3 is 2.37 bits per heavy atom. The van der Waals surface area contributed by atoms with Crippen LogP contribution in [-0.4, -0.2) is 37.8 Å². The molecule has 8 heteroatoms. The summed E-state index contributed by atoms with van der Waals surface area (Å²) in [5, 5.41) is 3.96. The number of ether oxygens (including phenoxy) is 2. The summed E-state index contributed by atoms with van der Waals surface area (Å²) in [4.78, 5) is 31.9. The van der Waals surface area contributed by atoms with Gasteiger partial charge < -0.3 is 14.3 Å². The van der Waals surface area contributed by atoms with E-state index in [1.54, 1.807) is 18.2 Å². The monoisotopic (exact) mass is 370 g/mol. The third-order valence-corrected chi connectivity index (χ3v) is 4.58. The van der Waals surface area contributed by atoms with Crippen molar-refractivity contribution in [2.45, 2.75) is 6.10 Å². The predicted octanol–water partition coefficient (Wildman–Crippen LogP) is 2.14. The van der Waals surface area contributed by atoms with E-state index in [2.05, 4.69) is 5.16 Å². The molecule has 0 aromatic heterocycles. The standard InChI is InChI=1S/C19H15FN2O5/c1-25-13-8-3-10(9-14(13)26-2)16-15-17(27-21-16)19(24)22(18(15)23)12-6-4-11(20)5-7-12/h3-9,15,17H,1-2H3/t15-,17+/m1/s1. The number of carbonyl (C=O) groups is 2. The highest BCUT2D eigenvalue weighted by Gasteiger charge is 2.56. The summed E-state index contributed by atoms with van der Waals surface area (Å²) in [5.74, 6) is -1.34. The van der Waals surface area contributed by atoms with Crippen LogP contribution in [-0.2, 0) is 14.4 Å². The molecular formula is C19H15FN2O5. The van der Waals surface area contributed by atoms with Gasteiger partial charge in [-0.3, -0.25) is 9.59 Å². The first-order chi connectivity index (χ1) is 13.0. The lowest BCUT2D eigenvalue weighted by Crippen LogP contribution is -2.33. The van der Waals surface area contributed by atoms with Crippen molar-refractivity contribution < 1.29 is 28.3 Å². The lowest BCUT2D eigenvalue weighted by molar-refractivity contribution is -0.126. The third kappa shape index (κ3) is 2.61. The van der Waals surface area contributed by atoms with Gasteiger partial charge in [0.1, 0.15) is 17.4 Å². The molecule has 2 heterocycles. The number of halogens is 1. The minimum Gasteiger partial charge on any atom is -0.493 e. The van der Waals surface area contributed by atoms with Crippen LogP contribution in [0.4, 0.5) is 10.1 Å². The van der Waals surface area contributed by atoms with Crippen molar-refractivity contribution in [3.63, 3.8) is 0 Å². The fourth-order valence-corrected chi connectivity index (χ4v) is 3.26. The van der Waals surface area contributed by atoms with Gasteiger partial charge in [-0.05, 0) is 42.5 Å². The molecule has 0 N–H and O–H groups in total. The average molecular weight is 370 g/mol. The van der Waals surface area contributed by atoms with Crippen LogP contribution in [0.15, 0.2) is 47.6 Å². The van der Waals surface area contributed by atoms with E-state index in [0.717, 1.165) is 4.90 Å². The first-order valence-corrected chi connectivity index (χ1v) is 8.14. The van der Waals surface area contributed by atoms with Crippen molar-refractivity contribution in [2.75, 3.05) is 19.1 Å². The number of fused-ring (bicyclic) bond motifs is 1. The lowest BCUT2D eigenvalue weighted by Gasteiger charge is -2.15. The molecule has 7 nitrogen and oxygen atoms in total. The van der Waals surface area contributed by atoms with Gasteiger partial charge in [0.2, 0.25) is 12.0 Å². The number of amides is 2. The highest BCUT2D eigenvalue weighted by molar-refractivity contribution is 6.32. The molecule has 2 aromatic rings. The summed E-state index contributed by atoms with van der Waals surface area (Å²) in [6.07, 6.45) is -1.04. The maximum atomic E-state index is 13.2. The van der Waals surface area contributed by atoms with Crippen molar-refractivity contribution in [3.05, 3.63) is 53.8 Å². The van der Waals surface area contributed by atoms with Crippen LogP contribution >= 0.6 is 0 Å². The van der Waals surface area contributed by atoms with E-state index in [1.165, 1.54) is 38.5 Å². The molecule has 2 atom stereocenters.